The van der Waals surface area contributed by atoms with Gasteiger partial charge in [-0.05, 0) is 62.1 Å². The summed E-state index contributed by atoms with van der Waals surface area (Å²) in [6, 6.07) is 9.25. The van der Waals surface area contributed by atoms with Gasteiger partial charge in [0.1, 0.15) is 17.6 Å². The van der Waals surface area contributed by atoms with Crippen molar-refractivity contribution < 1.29 is 23.7 Å². The average Bonchev–Trinajstić information content (AvgIpc) is 2.79. The first-order valence-electron chi connectivity index (χ1n) is 10.7. The molecule has 2 aromatic carbocycles. The maximum Gasteiger partial charge on any atom is 0.411 e. The molecule has 0 fully saturated rings. The number of hydrogen-bond acceptors (Lipinski definition) is 6. The topological polar surface area (TPSA) is 78.9 Å². The molecule has 1 N–H and O–H groups in total. The number of aromatic nitrogens is 1. The number of hydrogen-bond donors (Lipinski definition) is 1. The summed E-state index contributed by atoms with van der Waals surface area (Å²) in [4.78, 5) is 16.7. The Morgan fingerprint density at radius 3 is 2.28 bits per heavy atom. The Hall–Kier alpha value is -3.48. The van der Waals surface area contributed by atoms with Gasteiger partial charge >= 0.3 is 6.09 Å². The second-order valence-corrected chi connectivity index (χ2v) is 7.54. The molecule has 3 rings (SSSR count). The van der Waals surface area contributed by atoms with Gasteiger partial charge in [0.25, 0.3) is 0 Å². The minimum atomic E-state index is -0.448. The van der Waals surface area contributed by atoms with Crippen molar-refractivity contribution >= 4 is 22.7 Å². The second kappa shape index (κ2) is 10.2. The van der Waals surface area contributed by atoms with Gasteiger partial charge in [-0.2, -0.15) is 0 Å². The van der Waals surface area contributed by atoms with Gasteiger partial charge in [0.2, 0.25) is 0 Å². The molecule has 0 radical (unpaired) electrons. The van der Waals surface area contributed by atoms with Crippen molar-refractivity contribution in [1.82, 2.24) is 4.98 Å². The van der Waals surface area contributed by atoms with Crippen LogP contribution in [-0.2, 0) is 4.74 Å². The lowest BCUT2D eigenvalue weighted by Gasteiger charge is -2.17. The first-order chi connectivity index (χ1) is 15.4. The van der Waals surface area contributed by atoms with E-state index in [9.17, 15) is 4.79 Å². The molecular formula is C25H30N2O5. The van der Waals surface area contributed by atoms with E-state index in [1.165, 1.54) is 0 Å². The maximum absolute atomic E-state index is 12.2. The van der Waals surface area contributed by atoms with Crippen LogP contribution >= 0.6 is 0 Å². The number of anilines is 1. The van der Waals surface area contributed by atoms with E-state index in [1.807, 2.05) is 58.0 Å². The van der Waals surface area contributed by atoms with Crippen molar-refractivity contribution in [1.29, 1.82) is 0 Å². The summed E-state index contributed by atoms with van der Waals surface area (Å²) in [5.41, 5.74) is 3.16. The smallest absolute Gasteiger partial charge is 0.411 e. The van der Waals surface area contributed by atoms with E-state index in [0.29, 0.717) is 28.7 Å². The van der Waals surface area contributed by atoms with Gasteiger partial charge in [0, 0.05) is 23.3 Å². The largest absolute Gasteiger partial charge is 0.493 e. The molecule has 0 saturated heterocycles. The summed E-state index contributed by atoms with van der Waals surface area (Å²) in [7, 11) is 3.18. The van der Waals surface area contributed by atoms with Crippen LogP contribution in [0.2, 0.25) is 0 Å². The number of nitrogens with zero attached hydrogens (tertiary/aromatic N) is 1. The van der Waals surface area contributed by atoms with Gasteiger partial charge in [-0.1, -0.05) is 13.8 Å². The highest BCUT2D eigenvalue weighted by Gasteiger charge is 2.15. The van der Waals surface area contributed by atoms with Crippen LogP contribution in [-0.4, -0.2) is 31.4 Å². The number of carbonyl (C=O) groups excluding carboxylic acids is 1. The maximum atomic E-state index is 12.2. The van der Waals surface area contributed by atoms with Crippen molar-refractivity contribution in [3.05, 3.63) is 47.7 Å². The van der Waals surface area contributed by atoms with E-state index in [2.05, 4.69) is 10.3 Å². The number of aryl methyl sites for hydroxylation is 2. The number of pyridine rings is 1. The molecule has 1 heterocycles. The van der Waals surface area contributed by atoms with Crippen LogP contribution in [0.4, 0.5) is 10.5 Å². The van der Waals surface area contributed by atoms with E-state index < -0.39 is 6.09 Å². The summed E-state index contributed by atoms with van der Waals surface area (Å²) in [5.74, 6) is 2.53. The first kappa shape index (κ1) is 23.2. The summed E-state index contributed by atoms with van der Waals surface area (Å²) in [6.45, 7) is 7.84. The minimum absolute atomic E-state index is 0.0883. The Balaban J connectivity index is 1.88. The highest BCUT2D eigenvalue weighted by molar-refractivity contribution is 5.89. The normalized spacial score (nSPS) is 10.8. The third-order valence-corrected chi connectivity index (χ3v) is 5.37. The highest BCUT2D eigenvalue weighted by atomic mass is 16.6. The molecule has 7 heteroatoms. The molecular weight excluding hydrogens is 408 g/mol. The van der Waals surface area contributed by atoms with Crippen LogP contribution < -0.4 is 19.5 Å². The molecule has 0 bridgehead atoms. The zero-order chi connectivity index (χ0) is 23.3. The number of amides is 1. The molecule has 1 aromatic heterocycles. The SMILES string of the molecule is CCC(CC)OC(=O)Nc1cc(C)c(Oc2ccnc3cc(OC)c(OC)cc23)cc1C. The lowest BCUT2D eigenvalue weighted by Crippen LogP contribution is -2.21. The molecule has 0 atom stereocenters. The quantitative estimate of drug-likeness (QED) is 0.438. The Morgan fingerprint density at radius 2 is 1.62 bits per heavy atom. The summed E-state index contributed by atoms with van der Waals surface area (Å²) in [5, 5.41) is 3.65. The van der Waals surface area contributed by atoms with Crippen molar-refractivity contribution in [3.8, 4) is 23.0 Å². The van der Waals surface area contributed by atoms with Gasteiger partial charge in [0.05, 0.1) is 19.7 Å². The predicted octanol–water partition coefficient (Wildman–Crippen LogP) is 6.40. The van der Waals surface area contributed by atoms with Crippen molar-refractivity contribution in [2.75, 3.05) is 19.5 Å². The molecule has 0 unspecified atom stereocenters. The fourth-order valence-corrected chi connectivity index (χ4v) is 3.44. The molecule has 0 aliphatic carbocycles. The standard InChI is InChI=1S/C25H30N2O5/c1-7-17(8-2)31-25(28)27-19-11-16(4)22(12-15(19)3)32-21-9-10-26-20-14-24(30-6)23(29-5)13-18(20)21/h9-14,17H,7-8H2,1-6H3,(H,27,28). The fraction of sp³-hybridized carbons (Fsp3) is 0.360. The predicted molar refractivity (Wildman–Crippen MR) is 125 cm³/mol. The van der Waals surface area contributed by atoms with Gasteiger partial charge < -0.3 is 18.9 Å². The Bertz CT molecular complexity index is 1110. The van der Waals surface area contributed by atoms with E-state index in [0.717, 1.165) is 34.9 Å². The van der Waals surface area contributed by atoms with Crippen molar-refractivity contribution in [2.45, 2.75) is 46.6 Å². The number of fused-ring (bicyclic) bond motifs is 1. The van der Waals surface area contributed by atoms with Gasteiger partial charge in [-0.15, -0.1) is 0 Å². The van der Waals surface area contributed by atoms with E-state index in [1.54, 1.807) is 20.4 Å². The lowest BCUT2D eigenvalue weighted by atomic mass is 10.1. The zero-order valence-corrected chi connectivity index (χ0v) is 19.4. The molecule has 3 aromatic rings. The van der Waals surface area contributed by atoms with E-state index >= 15 is 0 Å². The second-order valence-electron chi connectivity index (χ2n) is 7.54. The number of ether oxygens (including phenoxy) is 4. The number of methoxy groups -OCH3 is 2. The minimum Gasteiger partial charge on any atom is -0.493 e. The Morgan fingerprint density at radius 1 is 0.938 bits per heavy atom. The molecule has 0 aliphatic rings. The van der Waals surface area contributed by atoms with Crippen LogP contribution in [0.1, 0.15) is 37.8 Å². The van der Waals surface area contributed by atoms with Crippen LogP contribution in [0.3, 0.4) is 0 Å². The molecule has 32 heavy (non-hydrogen) atoms. The Kier molecular flexibility index (Phi) is 7.41. The molecule has 7 nitrogen and oxygen atoms in total. The van der Waals surface area contributed by atoms with Crippen LogP contribution in [0.15, 0.2) is 36.5 Å². The van der Waals surface area contributed by atoms with Gasteiger partial charge in [-0.25, -0.2) is 4.79 Å². The van der Waals surface area contributed by atoms with Crippen molar-refractivity contribution in [3.63, 3.8) is 0 Å². The summed E-state index contributed by atoms with van der Waals surface area (Å²) >= 11 is 0. The zero-order valence-electron chi connectivity index (χ0n) is 19.4. The van der Waals surface area contributed by atoms with Gasteiger partial charge in [0.15, 0.2) is 11.5 Å². The third-order valence-electron chi connectivity index (χ3n) is 5.37. The molecule has 0 spiro atoms. The summed E-state index contributed by atoms with van der Waals surface area (Å²) < 4.78 is 22.5. The van der Waals surface area contributed by atoms with E-state index in [-0.39, 0.29) is 6.10 Å². The number of benzene rings is 2. The monoisotopic (exact) mass is 438 g/mol. The van der Waals surface area contributed by atoms with E-state index in [4.69, 9.17) is 18.9 Å². The number of nitrogens with one attached hydrogen (secondary N) is 1. The van der Waals surface area contributed by atoms with Crippen LogP contribution in [0.25, 0.3) is 10.9 Å². The average molecular weight is 439 g/mol. The Labute approximate surface area is 188 Å². The molecule has 1 amide bonds. The van der Waals surface area contributed by atoms with Crippen molar-refractivity contribution in [2.24, 2.45) is 0 Å². The number of carbonyl (C=O) groups is 1. The van der Waals surface area contributed by atoms with Gasteiger partial charge in [-0.3, -0.25) is 10.3 Å². The third kappa shape index (κ3) is 5.04. The first-order valence-corrected chi connectivity index (χ1v) is 10.7. The lowest BCUT2D eigenvalue weighted by molar-refractivity contribution is 0.106. The fourth-order valence-electron chi connectivity index (χ4n) is 3.44. The molecule has 0 aliphatic heterocycles. The summed E-state index contributed by atoms with van der Waals surface area (Å²) in [6.07, 6.45) is 2.72. The van der Waals surface area contributed by atoms with Crippen LogP contribution in [0, 0.1) is 13.8 Å². The number of rotatable bonds is 8. The highest BCUT2D eigenvalue weighted by Crippen LogP contribution is 2.38. The molecule has 0 saturated carbocycles. The molecule has 170 valence electrons. The van der Waals surface area contributed by atoms with Crippen LogP contribution in [0.5, 0.6) is 23.0 Å².